The molecular weight excluding hydrogens is 484 g/mol. The Hall–Kier alpha value is -3.27. The Morgan fingerprint density at radius 3 is 2.46 bits per heavy atom. The van der Waals surface area contributed by atoms with Gasteiger partial charge in [0.1, 0.15) is 18.1 Å². The molecule has 3 fully saturated rings. The van der Waals surface area contributed by atoms with Gasteiger partial charge >= 0.3 is 5.97 Å². The van der Waals surface area contributed by atoms with Crippen molar-refractivity contribution in [2.45, 2.75) is 89.8 Å². The minimum absolute atomic E-state index is 0.0705. The predicted molar refractivity (Wildman–Crippen MR) is 154 cm³/mol. The molecule has 3 aromatic carbocycles. The van der Waals surface area contributed by atoms with Crippen LogP contribution < -0.4 is 9.47 Å². The van der Waals surface area contributed by atoms with Gasteiger partial charge in [0.25, 0.3) is 0 Å². The summed E-state index contributed by atoms with van der Waals surface area (Å²) in [6, 6.07) is 23.5. The minimum atomic E-state index is -0.731. The van der Waals surface area contributed by atoms with E-state index in [9.17, 15) is 9.90 Å². The first-order valence-corrected chi connectivity index (χ1v) is 14.7. The second kappa shape index (κ2) is 10.7. The van der Waals surface area contributed by atoms with Gasteiger partial charge in [-0.3, -0.25) is 4.79 Å². The lowest BCUT2D eigenvalue weighted by Gasteiger charge is -2.30. The zero-order chi connectivity index (χ0) is 27.0. The first-order chi connectivity index (χ1) is 18.9. The molecule has 0 radical (unpaired) electrons. The summed E-state index contributed by atoms with van der Waals surface area (Å²) >= 11 is 0. The van der Waals surface area contributed by atoms with Gasteiger partial charge in [0, 0.05) is 0 Å². The first kappa shape index (κ1) is 26.0. The number of hydrogen-bond donors (Lipinski definition) is 1. The van der Waals surface area contributed by atoms with Gasteiger partial charge in [0.15, 0.2) is 0 Å². The molecule has 0 aliphatic heterocycles. The Morgan fingerprint density at radius 2 is 1.74 bits per heavy atom. The van der Waals surface area contributed by atoms with E-state index in [2.05, 4.69) is 62.4 Å². The van der Waals surface area contributed by atoms with E-state index in [0.717, 1.165) is 48.3 Å². The van der Waals surface area contributed by atoms with E-state index in [0.29, 0.717) is 24.5 Å². The number of rotatable bonds is 11. The molecular formula is C35H40O4. The number of carboxylic acids is 1. The summed E-state index contributed by atoms with van der Waals surface area (Å²) in [5, 5.41) is 9.42. The molecule has 3 aliphatic carbocycles. The van der Waals surface area contributed by atoms with Crippen LogP contribution in [0.25, 0.3) is 11.1 Å². The first-order valence-electron chi connectivity index (χ1n) is 14.7. The smallest absolute Gasteiger partial charge is 0.303 e. The van der Waals surface area contributed by atoms with E-state index >= 15 is 0 Å². The maximum Gasteiger partial charge on any atom is 0.303 e. The Balaban J connectivity index is 1.25. The normalized spacial score (nSPS) is 20.9. The van der Waals surface area contributed by atoms with Gasteiger partial charge in [-0.05, 0) is 114 Å². The van der Waals surface area contributed by atoms with Gasteiger partial charge in [-0.1, -0.05) is 62.7 Å². The van der Waals surface area contributed by atoms with Crippen LogP contribution >= 0.6 is 0 Å². The summed E-state index contributed by atoms with van der Waals surface area (Å²) in [6.45, 7) is 5.30. The van der Waals surface area contributed by atoms with E-state index in [1.807, 2.05) is 18.2 Å². The molecule has 3 saturated carbocycles. The van der Waals surface area contributed by atoms with Crippen LogP contribution in [0.15, 0.2) is 66.7 Å². The molecule has 2 atom stereocenters. The minimum Gasteiger partial charge on any atom is -0.490 e. The van der Waals surface area contributed by atoms with Crippen molar-refractivity contribution >= 4 is 5.97 Å². The van der Waals surface area contributed by atoms with Crippen molar-refractivity contribution in [3.05, 3.63) is 83.4 Å². The molecule has 0 spiro atoms. The number of carbonyl (C=O) groups is 1. The quantitative estimate of drug-likeness (QED) is 0.272. The molecule has 204 valence electrons. The van der Waals surface area contributed by atoms with Crippen LogP contribution in [0.5, 0.6) is 11.5 Å². The van der Waals surface area contributed by atoms with Gasteiger partial charge in [0.2, 0.25) is 0 Å². The fraction of sp³-hybridized carbons (Fsp3) is 0.457. The molecule has 3 aliphatic rings. The molecule has 1 N–H and O–H groups in total. The summed E-state index contributed by atoms with van der Waals surface area (Å²) in [5.41, 5.74) is 6.42. The van der Waals surface area contributed by atoms with Crippen molar-refractivity contribution < 1.29 is 19.4 Å². The molecule has 3 aromatic rings. The molecule has 4 nitrogen and oxygen atoms in total. The van der Waals surface area contributed by atoms with Crippen molar-refractivity contribution in [1.29, 1.82) is 0 Å². The van der Waals surface area contributed by atoms with E-state index in [-0.39, 0.29) is 17.8 Å². The van der Waals surface area contributed by atoms with E-state index < -0.39 is 5.97 Å². The third-order valence-electron chi connectivity index (χ3n) is 9.00. The van der Waals surface area contributed by atoms with E-state index in [4.69, 9.17) is 9.47 Å². The molecule has 0 unspecified atom stereocenters. The summed E-state index contributed by atoms with van der Waals surface area (Å²) in [5.74, 6) is 2.09. The fourth-order valence-electron chi connectivity index (χ4n) is 6.52. The largest absolute Gasteiger partial charge is 0.490 e. The average molecular weight is 525 g/mol. The van der Waals surface area contributed by atoms with Gasteiger partial charge in [0.05, 0.1) is 12.5 Å². The average Bonchev–Trinajstić information content (AvgIpc) is 3.85. The highest BCUT2D eigenvalue weighted by Gasteiger charge is 2.37. The van der Waals surface area contributed by atoms with Crippen molar-refractivity contribution in [1.82, 2.24) is 0 Å². The highest BCUT2D eigenvalue weighted by molar-refractivity contribution is 5.70. The Bertz CT molecular complexity index is 1330. The molecule has 0 amide bonds. The molecule has 0 heterocycles. The van der Waals surface area contributed by atoms with Gasteiger partial charge in [-0.2, -0.15) is 0 Å². The van der Waals surface area contributed by atoms with Crippen LogP contribution in [0.3, 0.4) is 0 Å². The number of carboxylic acid groups (broad SMARTS) is 1. The topological polar surface area (TPSA) is 55.8 Å². The van der Waals surface area contributed by atoms with Crippen LogP contribution in [0.2, 0.25) is 0 Å². The molecule has 4 heteroatoms. The summed E-state index contributed by atoms with van der Waals surface area (Å²) in [6.07, 6.45) is 8.82. The van der Waals surface area contributed by atoms with Crippen molar-refractivity contribution in [3.8, 4) is 22.6 Å². The molecule has 0 bridgehead atoms. The van der Waals surface area contributed by atoms with Crippen LogP contribution in [-0.2, 0) is 11.4 Å². The number of hydrogen-bond acceptors (Lipinski definition) is 3. The Morgan fingerprint density at radius 1 is 0.949 bits per heavy atom. The number of aliphatic carboxylic acids is 1. The summed E-state index contributed by atoms with van der Waals surface area (Å²) in [4.78, 5) is 11.5. The molecule has 0 saturated heterocycles. The SMILES string of the molecule is CC1(C)CCC[C@@H]1c1cc(COc2cccc([C@H](CC(=O)O)C3CC3)c2)ccc1-c1cccc(OC2CC2)c1. The zero-order valence-electron chi connectivity index (χ0n) is 23.2. The van der Waals surface area contributed by atoms with Crippen LogP contribution in [0.4, 0.5) is 0 Å². The van der Waals surface area contributed by atoms with Crippen molar-refractivity contribution in [3.63, 3.8) is 0 Å². The van der Waals surface area contributed by atoms with Crippen LogP contribution in [0, 0.1) is 11.3 Å². The van der Waals surface area contributed by atoms with Crippen molar-refractivity contribution in [2.24, 2.45) is 11.3 Å². The highest BCUT2D eigenvalue weighted by Crippen LogP contribution is 2.51. The molecule has 0 aromatic heterocycles. The summed E-state index contributed by atoms with van der Waals surface area (Å²) in [7, 11) is 0. The number of ether oxygens (including phenoxy) is 2. The van der Waals surface area contributed by atoms with Gasteiger partial charge in [-0.15, -0.1) is 0 Å². The lowest BCUT2D eigenvalue weighted by atomic mass is 9.75. The highest BCUT2D eigenvalue weighted by atomic mass is 16.5. The predicted octanol–water partition coefficient (Wildman–Crippen LogP) is 8.74. The van der Waals surface area contributed by atoms with Crippen molar-refractivity contribution in [2.75, 3.05) is 0 Å². The third kappa shape index (κ3) is 6.16. The Kier molecular flexibility index (Phi) is 7.14. The standard InChI is InChI=1S/C35H40O4/c1-35(2)17-5-10-33(35)32-18-23(11-16-30(32)25-6-4-9-29(20-25)39-27-14-15-27)22-38-28-8-3-7-26(19-28)31(21-34(36)37)24-12-13-24/h3-4,6-9,11,16,18-20,24,27,31,33H,5,10,12-15,17,21-22H2,1-2H3,(H,36,37)/t31-,33-/m1/s1. The number of benzene rings is 3. The maximum atomic E-state index is 11.5. The van der Waals surface area contributed by atoms with Crippen LogP contribution in [-0.4, -0.2) is 17.2 Å². The van der Waals surface area contributed by atoms with Crippen LogP contribution in [0.1, 0.15) is 93.7 Å². The second-order valence-corrected chi connectivity index (χ2v) is 12.6. The second-order valence-electron chi connectivity index (χ2n) is 12.6. The lowest BCUT2D eigenvalue weighted by Crippen LogP contribution is -2.16. The zero-order valence-corrected chi connectivity index (χ0v) is 23.2. The fourth-order valence-corrected chi connectivity index (χ4v) is 6.52. The summed E-state index contributed by atoms with van der Waals surface area (Å²) < 4.78 is 12.4. The monoisotopic (exact) mass is 524 g/mol. The van der Waals surface area contributed by atoms with Gasteiger partial charge in [-0.25, -0.2) is 0 Å². The van der Waals surface area contributed by atoms with E-state index in [1.54, 1.807) is 0 Å². The lowest BCUT2D eigenvalue weighted by molar-refractivity contribution is -0.137. The molecule has 6 rings (SSSR count). The van der Waals surface area contributed by atoms with Gasteiger partial charge < -0.3 is 14.6 Å². The third-order valence-corrected chi connectivity index (χ3v) is 9.00. The Labute approximate surface area is 232 Å². The van der Waals surface area contributed by atoms with E-state index in [1.165, 1.54) is 36.0 Å². The maximum absolute atomic E-state index is 11.5. The molecule has 39 heavy (non-hydrogen) atoms.